The summed E-state index contributed by atoms with van der Waals surface area (Å²) in [5.41, 5.74) is 2.76. The highest BCUT2D eigenvalue weighted by atomic mass is 16.2. The minimum atomic E-state index is 0.250. The number of hydrogen-bond donors (Lipinski definition) is 0. The molecule has 1 aromatic rings. The first kappa shape index (κ1) is 10.6. The van der Waals surface area contributed by atoms with Crippen LogP contribution in [0.25, 0.3) is 0 Å². The zero-order chi connectivity index (χ0) is 9.40. The van der Waals surface area contributed by atoms with E-state index in [2.05, 4.69) is 38.1 Å². The van der Waals surface area contributed by atoms with Crippen molar-refractivity contribution >= 4 is 6.15 Å². The van der Waals surface area contributed by atoms with Crippen LogP contribution < -0.4 is 0 Å². The quantitative estimate of drug-likeness (QED) is 0.636. The minimum Gasteiger partial charge on any atom is -0.186 e. The standard InChI is InChI=1S/C9H12.CO2/c1-3-9-6-4-8(2)5-7-9;2-1-3/h4-7H,3H2,1-2H3;. The molecule has 0 heterocycles. The fourth-order valence-electron chi connectivity index (χ4n) is 0.824. The second-order valence-corrected chi connectivity index (χ2v) is 2.42. The summed E-state index contributed by atoms with van der Waals surface area (Å²) < 4.78 is 0. The average Bonchev–Trinajstić information content (AvgIpc) is 2.07. The fourth-order valence-corrected chi connectivity index (χ4v) is 0.824. The number of rotatable bonds is 1. The van der Waals surface area contributed by atoms with Crippen LogP contribution in [0.5, 0.6) is 0 Å². The largest absolute Gasteiger partial charge is 0.373 e. The molecule has 1 rings (SSSR count). The van der Waals surface area contributed by atoms with Crippen LogP contribution in [0.2, 0.25) is 0 Å². The molecule has 0 spiro atoms. The Hall–Kier alpha value is -1.40. The molecule has 0 unspecified atom stereocenters. The molecule has 0 saturated heterocycles. The molecular formula is C10H12O2. The monoisotopic (exact) mass is 164 g/mol. The second kappa shape index (κ2) is 6.32. The first-order valence-electron chi connectivity index (χ1n) is 3.79. The van der Waals surface area contributed by atoms with Crippen molar-refractivity contribution in [1.82, 2.24) is 0 Å². The van der Waals surface area contributed by atoms with E-state index in [4.69, 9.17) is 9.59 Å². The van der Waals surface area contributed by atoms with Crippen molar-refractivity contribution in [1.29, 1.82) is 0 Å². The maximum atomic E-state index is 8.12. The zero-order valence-electron chi connectivity index (χ0n) is 7.33. The van der Waals surface area contributed by atoms with E-state index in [0.717, 1.165) is 6.42 Å². The van der Waals surface area contributed by atoms with Crippen LogP contribution in [0.4, 0.5) is 0 Å². The third-order valence-electron chi connectivity index (χ3n) is 1.53. The highest BCUT2D eigenvalue weighted by Crippen LogP contribution is 2.02. The smallest absolute Gasteiger partial charge is 0.186 e. The van der Waals surface area contributed by atoms with Crippen LogP contribution in [0.15, 0.2) is 24.3 Å². The predicted octanol–water partition coefficient (Wildman–Crippen LogP) is 1.97. The molecule has 0 aromatic heterocycles. The van der Waals surface area contributed by atoms with Gasteiger partial charge in [-0.3, -0.25) is 0 Å². The van der Waals surface area contributed by atoms with E-state index in [1.54, 1.807) is 0 Å². The van der Waals surface area contributed by atoms with Gasteiger partial charge in [0.25, 0.3) is 0 Å². The normalized spacial score (nSPS) is 7.83. The first-order valence-corrected chi connectivity index (χ1v) is 3.79. The van der Waals surface area contributed by atoms with E-state index in [-0.39, 0.29) is 6.15 Å². The van der Waals surface area contributed by atoms with Crippen molar-refractivity contribution in [2.45, 2.75) is 20.3 Å². The summed E-state index contributed by atoms with van der Waals surface area (Å²) in [6.45, 7) is 4.28. The Morgan fingerprint density at radius 1 is 1.17 bits per heavy atom. The lowest BCUT2D eigenvalue weighted by atomic mass is 10.1. The zero-order valence-corrected chi connectivity index (χ0v) is 7.33. The molecule has 0 N–H and O–H groups in total. The summed E-state index contributed by atoms with van der Waals surface area (Å²) in [4.78, 5) is 16.2. The molecular weight excluding hydrogens is 152 g/mol. The van der Waals surface area contributed by atoms with Crippen molar-refractivity contribution < 1.29 is 9.59 Å². The third-order valence-corrected chi connectivity index (χ3v) is 1.53. The second-order valence-electron chi connectivity index (χ2n) is 2.42. The molecule has 0 fully saturated rings. The SMILES string of the molecule is CCc1ccc(C)cc1.O=C=O. The summed E-state index contributed by atoms with van der Waals surface area (Å²) in [7, 11) is 0. The lowest BCUT2D eigenvalue weighted by Crippen LogP contribution is -1.77. The molecule has 0 aliphatic rings. The van der Waals surface area contributed by atoms with Gasteiger partial charge in [-0.1, -0.05) is 36.8 Å². The summed E-state index contributed by atoms with van der Waals surface area (Å²) >= 11 is 0. The number of hydrogen-bond acceptors (Lipinski definition) is 2. The van der Waals surface area contributed by atoms with Gasteiger partial charge in [0, 0.05) is 0 Å². The Morgan fingerprint density at radius 2 is 1.58 bits per heavy atom. The lowest BCUT2D eigenvalue weighted by molar-refractivity contribution is -0.191. The molecule has 0 saturated carbocycles. The highest BCUT2D eigenvalue weighted by molar-refractivity contribution is 5.21. The van der Waals surface area contributed by atoms with Crippen LogP contribution in [0, 0.1) is 6.92 Å². The van der Waals surface area contributed by atoms with Crippen molar-refractivity contribution in [3.05, 3.63) is 35.4 Å². The van der Waals surface area contributed by atoms with Crippen LogP contribution in [-0.2, 0) is 16.0 Å². The van der Waals surface area contributed by atoms with Crippen molar-refractivity contribution in [3.63, 3.8) is 0 Å². The van der Waals surface area contributed by atoms with Crippen LogP contribution in [0.3, 0.4) is 0 Å². The van der Waals surface area contributed by atoms with Gasteiger partial charge in [-0.05, 0) is 18.9 Å². The molecule has 0 amide bonds. The fraction of sp³-hybridized carbons (Fsp3) is 0.300. The van der Waals surface area contributed by atoms with Gasteiger partial charge < -0.3 is 0 Å². The number of benzene rings is 1. The molecule has 2 heteroatoms. The maximum absolute atomic E-state index is 8.12. The van der Waals surface area contributed by atoms with Gasteiger partial charge in [-0.25, -0.2) is 0 Å². The van der Waals surface area contributed by atoms with Crippen LogP contribution in [0.1, 0.15) is 18.1 Å². The average molecular weight is 164 g/mol. The Balaban J connectivity index is 0.000000354. The van der Waals surface area contributed by atoms with Gasteiger partial charge >= 0.3 is 6.15 Å². The molecule has 0 aliphatic carbocycles. The molecule has 1 aromatic carbocycles. The third kappa shape index (κ3) is 4.42. The molecule has 64 valence electrons. The van der Waals surface area contributed by atoms with Crippen molar-refractivity contribution in [2.24, 2.45) is 0 Å². The van der Waals surface area contributed by atoms with Gasteiger partial charge in [0.15, 0.2) is 0 Å². The van der Waals surface area contributed by atoms with E-state index < -0.39 is 0 Å². The summed E-state index contributed by atoms with van der Waals surface area (Å²) in [5, 5.41) is 0. The summed E-state index contributed by atoms with van der Waals surface area (Å²) in [6, 6.07) is 8.66. The van der Waals surface area contributed by atoms with E-state index in [9.17, 15) is 0 Å². The molecule has 12 heavy (non-hydrogen) atoms. The van der Waals surface area contributed by atoms with Crippen molar-refractivity contribution in [3.8, 4) is 0 Å². The predicted molar refractivity (Wildman–Crippen MR) is 45.6 cm³/mol. The van der Waals surface area contributed by atoms with Crippen LogP contribution >= 0.6 is 0 Å². The Labute approximate surface area is 72.2 Å². The van der Waals surface area contributed by atoms with E-state index in [1.165, 1.54) is 11.1 Å². The molecule has 0 radical (unpaired) electrons. The molecule has 0 aliphatic heterocycles. The highest BCUT2D eigenvalue weighted by Gasteiger charge is 1.84. The van der Waals surface area contributed by atoms with Gasteiger partial charge in [-0.2, -0.15) is 9.59 Å². The summed E-state index contributed by atoms with van der Waals surface area (Å²) in [5.74, 6) is 0. The van der Waals surface area contributed by atoms with Gasteiger partial charge in [-0.15, -0.1) is 0 Å². The molecule has 0 atom stereocenters. The van der Waals surface area contributed by atoms with E-state index in [0.29, 0.717) is 0 Å². The number of carbonyl (C=O) groups excluding carboxylic acids is 2. The lowest BCUT2D eigenvalue weighted by Gasteiger charge is -1.94. The summed E-state index contributed by atoms with van der Waals surface area (Å²) in [6.07, 6.45) is 1.39. The minimum absolute atomic E-state index is 0.250. The Bertz CT molecular complexity index is 243. The van der Waals surface area contributed by atoms with Crippen LogP contribution in [-0.4, -0.2) is 6.15 Å². The topological polar surface area (TPSA) is 34.1 Å². The van der Waals surface area contributed by atoms with E-state index in [1.807, 2.05) is 0 Å². The first-order chi connectivity index (χ1) is 5.74. The van der Waals surface area contributed by atoms with Gasteiger partial charge in [0.05, 0.1) is 0 Å². The Kier molecular flexibility index (Phi) is 5.58. The maximum Gasteiger partial charge on any atom is 0.373 e. The van der Waals surface area contributed by atoms with E-state index >= 15 is 0 Å². The van der Waals surface area contributed by atoms with Crippen molar-refractivity contribution in [2.75, 3.05) is 0 Å². The van der Waals surface area contributed by atoms with Gasteiger partial charge in [0.2, 0.25) is 0 Å². The number of aryl methyl sites for hydroxylation is 2. The molecule has 2 nitrogen and oxygen atoms in total. The van der Waals surface area contributed by atoms with Gasteiger partial charge in [0.1, 0.15) is 0 Å². The molecule has 0 bridgehead atoms. The Morgan fingerprint density at radius 3 is 1.92 bits per heavy atom.